The summed E-state index contributed by atoms with van der Waals surface area (Å²) < 4.78 is 5.47. The zero-order valence-corrected chi connectivity index (χ0v) is 13.5. The molecular formula is C17H23NOS. The van der Waals surface area contributed by atoms with Crippen LogP contribution in [0.5, 0.6) is 5.75 Å². The average Bonchev–Trinajstić information content (AvgIpc) is 2.85. The van der Waals surface area contributed by atoms with Crippen molar-refractivity contribution >= 4 is 11.3 Å². The summed E-state index contributed by atoms with van der Waals surface area (Å²) in [5.74, 6) is 0.991. The van der Waals surface area contributed by atoms with E-state index >= 15 is 0 Å². The second kappa shape index (κ2) is 6.91. The van der Waals surface area contributed by atoms with Crippen molar-refractivity contribution in [3.05, 3.63) is 51.2 Å². The minimum atomic E-state index is 0.316. The number of likely N-dealkylation sites (N-methyl/N-ethyl adjacent to an activating group) is 1. The molecule has 0 fully saturated rings. The topological polar surface area (TPSA) is 21.3 Å². The molecule has 2 nitrogen and oxygen atoms in total. The Kier molecular flexibility index (Phi) is 5.21. The van der Waals surface area contributed by atoms with Gasteiger partial charge in [-0.1, -0.05) is 36.2 Å². The Hall–Kier alpha value is -1.32. The molecule has 2 aromatic rings. The Bertz CT molecular complexity index is 542. The molecule has 1 N–H and O–H groups in total. The monoisotopic (exact) mass is 289 g/mol. The first-order valence-corrected chi connectivity index (χ1v) is 7.94. The predicted octanol–water partition coefficient (Wildman–Crippen LogP) is 4.27. The lowest BCUT2D eigenvalue weighted by atomic mass is 10.00. The molecule has 1 unspecified atom stereocenters. The molecule has 3 heteroatoms. The van der Waals surface area contributed by atoms with Gasteiger partial charge in [0.25, 0.3) is 0 Å². The van der Waals surface area contributed by atoms with Gasteiger partial charge in [-0.2, -0.15) is 0 Å². The molecule has 1 heterocycles. The highest BCUT2D eigenvalue weighted by atomic mass is 32.1. The maximum atomic E-state index is 5.47. The van der Waals surface area contributed by atoms with Crippen molar-refractivity contribution in [1.82, 2.24) is 5.32 Å². The van der Waals surface area contributed by atoms with Crippen molar-refractivity contribution in [2.24, 2.45) is 0 Å². The Morgan fingerprint density at radius 3 is 2.50 bits per heavy atom. The van der Waals surface area contributed by atoms with E-state index in [1.165, 1.54) is 21.6 Å². The summed E-state index contributed by atoms with van der Waals surface area (Å²) in [5.41, 5.74) is 4.03. The van der Waals surface area contributed by atoms with Crippen LogP contribution in [0.4, 0.5) is 0 Å². The molecule has 0 aliphatic carbocycles. The van der Waals surface area contributed by atoms with Gasteiger partial charge in [-0.15, -0.1) is 11.3 Å². The van der Waals surface area contributed by atoms with Crippen LogP contribution in [-0.4, -0.2) is 13.7 Å². The summed E-state index contributed by atoms with van der Waals surface area (Å²) in [7, 11) is 1.74. The third-order valence-electron chi connectivity index (χ3n) is 3.37. The fraction of sp³-hybridized carbons (Fsp3) is 0.412. The van der Waals surface area contributed by atoms with Gasteiger partial charge in [0.1, 0.15) is 5.75 Å². The summed E-state index contributed by atoms with van der Waals surface area (Å²) in [5, 5.41) is 5.67. The molecule has 0 amide bonds. The lowest BCUT2D eigenvalue weighted by Gasteiger charge is -2.18. The fourth-order valence-corrected chi connectivity index (χ4v) is 3.60. The van der Waals surface area contributed by atoms with Crippen molar-refractivity contribution in [3.8, 4) is 5.75 Å². The highest BCUT2D eigenvalue weighted by molar-refractivity contribution is 7.10. The summed E-state index contributed by atoms with van der Waals surface area (Å²) in [6.45, 7) is 7.42. The quantitative estimate of drug-likeness (QED) is 0.857. The van der Waals surface area contributed by atoms with Crippen LogP contribution < -0.4 is 10.1 Å². The minimum Gasteiger partial charge on any atom is -0.496 e. The lowest BCUT2D eigenvalue weighted by Crippen LogP contribution is -2.22. The number of hydrogen-bond donors (Lipinski definition) is 1. The Morgan fingerprint density at radius 1 is 1.20 bits per heavy atom. The molecule has 0 bridgehead atoms. The third-order valence-corrected chi connectivity index (χ3v) is 4.38. The van der Waals surface area contributed by atoms with Gasteiger partial charge in [0.2, 0.25) is 0 Å². The molecule has 0 saturated carbocycles. The maximum absolute atomic E-state index is 5.47. The lowest BCUT2D eigenvalue weighted by molar-refractivity contribution is 0.403. The Balaban J connectivity index is 2.25. The van der Waals surface area contributed by atoms with Crippen molar-refractivity contribution in [2.75, 3.05) is 13.7 Å². The van der Waals surface area contributed by atoms with E-state index in [4.69, 9.17) is 4.74 Å². The molecule has 0 aliphatic rings. The summed E-state index contributed by atoms with van der Waals surface area (Å²) in [6, 6.07) is 9.13. The number of nitrogens with one attached hydrogen (secondary N) is 1. The molecule has 20 heavy (non-hydrogen) atoms. The van der Waals surface area contributed by atoms with Gasteiger partial charge in [0.05, 0.1) is 12.0 Å². The van der Waals surface area contributed by atoms with Crippen LogP contribution in [-0.2, 0) is 6.42 Å². The molecule has 2 rings (SSSR count). The van der Waals surface area contributed by atoms with Gasteiger partial charge in [-0.25, -0.2) is 0 Å². The SMILES string of the molecule is CCNC(Cc1cc(C)cc(C)c1)c1sccc1OC. The van der Waals surface area contributed by atoms with Crippen molar-refractivity contribution in [2.45, 2.75) is 33.2 Å². The summed E-state index contributed by atoms with van der Waals surface area (Å²) in [4.78, 5) is 1.29. The molecule has 108 valence electrons. The van der Waals surface area contributed by atoms with E-state index in [9.17, 15) is 0 Å². The molecular weight excluding hydrogens is 266 g/mol. The van der Waals surface area contributed by atoms with Crippen LogP contribution in [0.2, 0.25) is 0 Å². The Morgan fingerprint density at radius 2 is 1.90 bits per heavy atom. The van der Waals surface area contributed by atoms with Crippen molar-refractivity contribution in [1.29, 1.82) is 0 Å². The normalized spacial score (nSPS) is 12.4. The summed E-state index contributed by atoms with van der Waals surface area (Å²) >= 11 is 1.76. The van der Waals surface area contributed by atoms with Crippen molar-refractivity contribution in [3.63, 3.8) is 0 Å². The van der Waals surface area contributed by atoms with Gasteiger partial charge in [0, 0.05) is 6.04 Å². The average molecular weight is 289 g/mol. The molecule has 1 aromatic carbocycles. The number of benzene rings is 1. The first kappa shape index (κ1) is 15.1. The highest BCUT2D eigenvalue weighted by Gasteiger charge is 2.17. The molecule has 0 radical (unpaired) electrons. The number of ether oxygens (including phenoxy) is 1. The maximum Gasteiger partial charge on any atom is 0.134 e. The standard InChI is InChI=1S/C17H23NOS/c1-5-18-15(17-16(19-4)6-7-20-17)11-14-9-12(2)8-13(3)10-14/h6-10,15,18H,5,11H2,1-4H3. The molecule has 1 atom stereocenters. The van der Waals surface area contributed by atoms with Crippen LogP contribution in [0.1, 0.15) is 34.5 Å². The van der Waals surface area contributed by atoms with Crippen molar-refractivity contribution < 1.29 is 4.74 Å². The van der Waals surface area contributed by atoms with Crippen LogP contribution in [0.15, 0.2) is 29.6 Å². The van der Waals surface area contributed by atoms with Gasteiger partial charge in [-0.3, -0.25) is 0 Å². The fourth-order valence-electron chi connectivity index (χ4n) is 2.66. The van der Waals surface area contributed by atoms with Crippen LogP contribution in [0.25, 0.3) is 0 Å². The Labute approximate surface area is 125 Å². The van der Waals surface area contributed by atoms with E-state index < -0.39 is 0 Å². The van der Waals surface area contributed by atoms with E-state index in [-0.39, 0.29) is 0 Å². The van der Waals surface area contributed by atoms with Crippen LogP contribution in [0.3, 0.4) is 0 Å². The zero-order valence-electron chi connectivity index (χ0n) is 12.7. The van der Waals surface area contributed by atoms with E-state index in [1.54, 1.807) is 18.4 Å². The van der Waals surface area contributed by atoms with Gasteiger partial charge in [-0.05, 0) is 43.8 Å². The molecule has 0 spiro atoms. The summed E-state index contributed by atoms with van der Waals surface area (Å²) in [6.07, 6.45) is 0.993. The largest absolute Gasteiger partial charge is 0.496 e. The second-order valence-electron chi connectivity index (χ2n) is 5.16. The van der Waals surface area contributed by atoms with Gasteiger partial charge in [0.15, 0.2) is 0 Å². The zero-order chi connectivity index (χ0) is 14.5. The third kappa shape index (κ3) is 3.62. The molecule has 0 aliphatic heterocycles. The van der Waals surface area contributed by atoms with Gasteiger partial charge < -0.3 is 10.1 Å². The van der Waals surface area contributed by atoms with Crippen LogP contribution >= 0.6 is 11.3 Å². The van der Waals surface area contributed by atoms with Crippen LogP contribution in [0, 0.1) is 13.8 Å². The smallest absolute Gasteiger partial charge is 0.134 e. The van der Waals surface area contributed by atoms with E-state index in [0.29, 0.717) is 6.04 Å². The first-order chi connectivity index (χ1) is 9.63. The molecule has 1 aromatic heterocycles. The highest BCUT2D eigenvalue weighted by Crippen LogP contribution is 2.33. The van der Waals surface area contributed by atoms with E-state index in [2.05, 4.69) is 49.7 Å². The number of hydrogen-bond acceptors (Lipinski definition) is 3. The number of thiophene rings is 1. The number of aryl methyl sites for hydroxylation is 2. The minimum absolute atomic E-state index is 0.316. The van der Waals surface area contributed by atoms with E-state index in [0.717, 1.165) is 18.7 Å². The first-order valence-electron chi connectivity index (χ1n) is 7.06. The number of rotatable bonds is 6. The van der Waals surface area contributed by atoms with Gasteiger partial charge >= 0.3 is 0 Å². The number of methoxy groups -OCH3 is 1. The van der Waals surface area contributed by atoms with E-state index in [1.807, 2.05) is 6.07 Å². The second-order valence-corrected chi connectivity index (χ2v) is 6.11. The molecule has 0 saturated heterocycles. The predicted molar refractivity (Wildman–Crippen MR) is 86.9 cm³/mol.